The van der Waals surface area contributed by atoms with Crippen LogP contribution in [0, 0.1) is 6.92 Å². The quantitative estimate of drug-likeness (QED) is 0.393. The van der Waals surface area contributed by atoms with Gasteiger partial charge < -0.3 is 4.42 Å². The van der Waals surface area contributed by atoms with Gasteiger partial charge in [-0.05, 0) is 54.3 Å². The van der Waals surface area contributed by atoms with E-state index in [1.165, 1.54) is 30.3 Å². The van der Waals surface area contributed by atoms with Crippen LogP contribution in [0.15, 0.2) is 103 Å². The number of benzene rings is 3. The Morgan fingerprint density at radius 2 is 1.40 bits per heavy atom. The van der Waals surface area contributed by atoms with E-state index in [1.807, 2.05) is 27.7 Å². The Labute approximate surface area is 205 Å². The van der Waals surface area contributed by atoms with Crippen LogP contribution in [0.5, 0.6) is 0 Å². The van der Waals surface area contributed by atoms with E-state index in [-0.39, 0.29) is 25.7 Å². The number of rotatable bonds is 5. The SMILES string of the molecule is Cc1ccc(S(=O)(=O)c2cc3ccccc3o/c2=N/NS(=O)(=O)c2ccc(C(C)(C)C)cc2)cc1. The summed E-state index contributed by atoms with van der Waals surface area (Å²) >= 11 is 0. The van der Waals surface area contributed by atoms with E-state index in [0.29, 0.717) is 11.0 Å². The first-order chi connectivity index (χ1) is 16.4. The molecule has 1 N–H and O–H groups in total. The lowest BCUT2D eigenvalue weighted by Gasteiger charge is -2.19. The number of nitrogens with one attached hydrogen (secondary N) is 1. The fourth-order valence-corrected chi connectivity index (χ4v) is 5.60. The van der Waals surface area contributed by atoms with Crippen LogP contribution in [0.2, 0.25) is 0 Å². The summed E-state index contributed by atoms with van der Waals surface area (Å²) in [5, 5.41) is 4.44. The first-order valence-corrected chi connectivity index (χ1v) is 13.9. The third-order valence-electron chi connectivity index (χ3n) is 5.54. The molecular weight excluding hydrogens is 484 g/mol. The van der Waals surface area contributed by atoms with Crippen LogP contribution in [-0.4, -0.2) is 16.8 Å². The number of hydrogen-bond acceptors (Lipinski definition) is 6. The second kappa shape index (κ2) is 8.98. The van der Waals surface area contributed by atoms with Gasteiger partial charge in [0, 0.05) is 5.39 Å². The smallest absolute Gasteiger partial charge is 0.276 e. The molecule has 0 saturated heterocycles. The number of fused-ring (bicyclic) bond motifs is 1. The summed E-state index contributed by atoms with van der Waals surface area (Å²) in [7, 11) is -8.13. The Kier molecular flexibility index (Phi) is 6.33. The molecule has 1 aromatic heterocycles. The van der Waals surface area contributed by atoms with Crippen molar-refractivity contribution >= 4 is 30.8 Å². The molecule has 0 saturated carbocycles. The van der Waals surface area contributed by atoms with Crippen LogP contribution in [0.3, 0.4) is 0 Å². The largest absolute Gasteiger partial charge is 0.436 e. The van der Waals surface area contributed by atoms with E-state index >= 15 is 0 Å². The van der Waals surface area contributed by atoms with Crippen LogP contribution >= 0.6 is 0 Å². The fourth-order valence-electron chi connectivity index (χ4n) is 3.45. The molecule has 7 nitrogen and oxygen atoms in total. The third kappa shape index (κ3) is 5.16. The standard InChI is InChI=1S/C26H26N2O5S2/c1-18-9-13-21(14-10-18)34(29,30)24-17-19-7-5-6-8-23(19)33-25(24)27-28-35(31,32)22-15-11-20(12-16-22)26(2,3)4/h5-17,28H,1-4H3/b27-25+. The lowest BCUT2D eigenvalue weighted by atomic mass is 9.87. The molecule has 0 amide bonds. The van der Waals surface area contributed by atoms with Crippen LogP contribution in [-0.2, 0) is 25.3 Å². The zero-order valence-corrected chi connectivity index (χ0v) is 21.4. The minimum absolute atomic E-state index is 0.00187. The van der Waals surface area contributed by atoms with Gasteiger partial charge in [-0.3, -0.25) is 0 Å². The predicted molar refractivity (Wildman–Crippen MR) is 134 cm³/mol. The summed E-state index contributed by atoms with van der Waals surface area (Å²) in [5.41, 5.74) is 1.75. The normalized spacial score (nSPS) is 13.2. The van der Waals surface area contributed by atoms with E-state index in [4.69, 9.17) is 4.42 Å². The van der Waals surface area contributed by atoms with Crippen LogP contribution in [0.1, 0.15) is 31.9 Å². The second-order valence-corrected chi connectivity index (χ2v) is 12.8. The van der Waals surface area contributed by atoms with Crippen molar-refractivity contribution < 1.29 is 21.3 Å². The molecule has 0 fully saturated rings. The van der Waals surface area contributed by atoms with Crippen molar-refractivity contribution in [3.63, 3.8) is 0 Å². The van der Waals surface area contributed by atoms with Crippen molar-refractivity contribution in [2.75, 3.05) is 0 Å². The summed E-state index contributed by atoms with van der Waals surface area (Å²) in [6.45, 7) is 7.94. The molecule has 0 spiro atoms. The average molecular weight is 511 g/mol. The predicted octanol–water partition coefficient (Wildman–Crippen LogP) is 4.67. The molecule has 0 unspecified atom stereocenters. The van der Waals surface area contributed by atoms with E-state index in [2.05, 4.69) is 9.93 Å². The lowest BCUT2D eigenvalue weighted by Crippen LogP contribution is -2.25. The summed E-state index contributed by atoms with van der Waals surface area (Å²) in [4.78, 5) is 1.93. The molecule has 35 heavy (non-hydrogen) atoms. The number of sulfone groups is 1. The van der Waals surface area contributed by atoms with E-state index in [0.717, 1.165) is 11.1 Å². The van der Waals surface area contributed by atoms with Crippen molar-refractivity contribution in [3.8, 4) is 0 Å². The molecule has 9 heteroatoms. The molecule has 4 aromatic rings. The maximum absolute atomic E-state index is 13.4. The van der Waals surface area contributed by atoms with E-state index < -0.39 is 19.9 Å². The van der Waals surface area contributed by atoms with Crippen molar-refractivity contribution in [2.45, 2.75) is 47.8 Å². The van der Waals surface area contributed by atoms with Crippen molar-refractivity contribution in [3.05, 3.63) is 95.5 Å². The van der Waals surface area contributed by atoms with Crippen molar-refractivity contribution in [2.24, 2.45) is 5.10 Å². The van der Waals surface area contributed by atoms with Crippen molar-refractivity contribution in [1.82, 2.24) is 4.83 Å². The van der Waals surface area contributed by atoms with Gasteiger partial charge in [-0.1, -0.05) is 68.8 Å². The van der Waals surface area contributed by atoms with Gasteiger partial charge in [-0.2, -0.15) is 13.2 Å². The van der Waals surface area contributed by atoms with Crippen LogP contribution in [0.4, 0.5) is 0 Å². The first kappa shape index (κ1) is 24.7. The Morgan fingerprint density at radius 1 is 0.800 bits per heavy atom. The highest BCUT2D eigenvalue weighted by Crippen LogP contribution is 2.24. The molecule has 0 atom stereocenters. The van der Waals surface area contributed by atoms with Gasteiger partial charge in [-0.25, -0.2) is 8.42 Å². The molecule has 0 aliphatic heterocycles. The fraction of sp³-hybridized carbons (Fsp3) is 0.192. The Bertz CT molecular complexity index is 1660. The number of nitrogens with zero attached hydrogens (tertiary/aromatic N) is 1. The first-order valence-electron chi connectivity index (χ1n) is 10.9. The third-order valence-corrected chi connectivity index (χ3v) is 8.53. The topological polar surface area (TPSA) is 106 Å². The maximum Gasteiger partial charge on any atom is 0.276 e. The highest BCUT2D eigenvalue weighted by Gasteiger charge is 2.23. The Hall–Kier alpha value is -3.43. The average Bonchev–Trinajstić information content (AvgIpc) is 2.82. The van der Waals surface area contributed by atoms with Gasteiger partial charge in [0.2, 0.25) is 9.84 Å². The van der Waals surface area contributed by atoms with Crippen molar-refractivity contribution in [1.29, 1.82) is 0 Å². The highest BCUT2D eigenvalue weighted by atomic mass is 32.2. The number of aryl methyl sites for hydroxylation is 1. The van der Waals surface area contributed by atoms with E-state index in [9.17, 15) is 16.8 Å². The monoisotopic (exact) mass is 510 g/mol. The maximum atomic E-state index is 13.4. The Morgan fingerprint density at radius 3 is 2.03 bits per heavy atom. The zero-order chi connectivity index (χ0) is 25.4. The molecule has 1 heterocycles. The van der Waals surface area contributed by atoms with Gasteiger partial charge in [0.25, 0.3) is 15.6 Å². The summed E-state index contributed by atoms with van der Waals surface area (Å²) in [6.07, 6.45) is 0. The summed E-state index contributed by atoms with van der Waals surface area (Å²) in [6, 6.07) is 21.1. The summed E-state index contributed by atoms with van der Waals surface area (Å²) in [5.74, 6) is 0. The number of hydrogen-bond donors (Lipinski definition) is 1. The molecular formula is C26H26N2O5S2. The molecule has 182 valence electrons. The Balaban J connectivity index is 1.82. The van der Waals surface area contributed by atoms with E-state index in [1.54, 1.807) is 48.5 Å². The lowest BCUT2D eigenvalue weighted by molar-refractivity contribution is 0.501. The van der Waals surface area contributed by atoms with Gasteiger partial charge in [0.1, 0.15) is 10.5 Å². The molecule has 0 aliphatic rings. The van der Waals surface area contributed by atoms with Crippen LogP contribution in [0.25, 0.3) is 11.0 Å². The van der Waals surface area contributed by atoms with Gasteiger partial charge in [0.15, 0.2) is 0 Å². The second-order valence-electron chi connectivity index (χ2n) is 9.25. The minimum Gasteiger partial charge on any atom is -0.436 e. The molecule has 0 bridgehead atoms. The van der Waals surface area contributed by atoms with Gasteiger partial charge >= 0.3 is 0 Å². The molecule has 0 radical (unpaired) electrons. The van der Waals surface area contributed by atoms with Gasteiger partial charge in [-0.15, -0.1) is 5.10 Å². The zero-order valence-electron chi connectivity index (χ0n) is 19.8. The summed E-state index contributed by atoms with van der Waals surface area (Å²) < 4.78 is 58.4. The molecule has 3 aromatic carbocycles. The highest BCUT2D eigenvalue weighted by molar-refractivity contribution is 7.91. The molecule has 4 rings (SSSR count). The van der Waals surface area contributed by atoms with Gasteiger partial charge in [0.05, 0.1) is 9.79 Å². The number of para-hydroxylation sites is 1. The number of sulfonamides is 1. The minimum atomic E-state index is -4.08. The molecule has 0 aliphatic carbocycles. The van der Waals surface area contributed by atoms with Crippen LogP contribution < -0.4 is 10.4 Å².